The highest BCUT2D eigenvalue weighted by molar-refractivity contribution is 5.98. The molecule has 0 unspecified atom stereocenters. The number of nitrogen functional groups attached to an aromatic ring is 1. The molecular weight excluding hydrogens is 404 g/mol. The van der Waals surface area contributed by atoms with Crippen LogP contribution in [0.15, 0.2) is 79.8 Å². The largest absolute Gasteiger partial charge is 0.497 e. The van der Waals surface area contributed by atoms with E-state index in [0.29, 0.717) is 12.4 Å². The van der Waals surface area contributed by atoms with Crippen molar-refractivity contribution in [3.63, 3.8) is 0 Å². The molecule has 0 fully saturated rings. The van der Waals surface area contributed by atoms with E-state index in [1.807, 2.05) is 70.1 Å². The molecular formula is C24H22N6O2. The lowest BCUT2D eigenvalue weighted by atomic mass is 10.1. The van der Waals surface area contributed by atoms with Crippen LogP contribution in [-0.4, -0.2) is 37.8 Å². The fourth-order valence-corrected chi connectivity index (χ4v) is 3.68. The lowest BCUT2D eigenvalue weighted by Crippen LogP contribution is -2.06. The smallest absolute Gasteiger partial charge is 0.151 e. The summed E-state index contributed by atoms with van der Waals surface area (Å²) >= 11 is 0. The van der Waals surface area contributed by atoms with Crippen LogP contribution in [0, 0.1) is 0 Å². The summed E-state index contributed by atoms with van der Waals surface area (Å²) in [6.07, 6.45) is 8.97. The molecule has 0 atom stereocenters. The van der Waals surface area contributed by atoms with Crippen molar-refractivity contribution in [1.82, 2.24) is 24.1 Å². The summed E-state index contributed by atoms with van der Waals surface area (Å²) in [5.74, 6) is 1.99. The zero-order valence-electron chi connectivity index (χ0n) is 17.5. The summed E-state index contributed by atoms with van der Waals surface area (Å²) in [6, 6.07) is 15.8. The van der Waals surface area contributed by atoms with Crippen LogP contribution in [0.1, 0.15) is 0 Å². The Hall–Kier alpha value is -4.33. The second-order valence-electron chi connectivity index (χ2n) is 7.24. The van der Waals surface area contributed by atoms with Crippen LogP contribution < -0.4 is 15.2 Å². The molecule has 5 aromatic rings. The van der Waals surface area contributed by atoms with Crippen LogP contribution in [0.25, 0.3) is 27.8 Å². The standard InChI is InChI=1S/C24H22N6O2/c1-31-20-4-2-3-18(13-20)30-14-21(22-23(30)24(25)28-15-27-22)17-5-7-19(8-6-17)32-12-11-29-10-9-26-16-29/h2-10,13-16H,11-12H2,1H3,(H2,25,27,28). The minimum Gasteiger partial charge on any atom is -0.497 e. The van der Waals surface area contributed by atoms with Crippen molar-refractivity contribution in [2.45, 2.75) is 6.54 Å². The van der Waals surface area contributed by atoms with E-state index in [1.165, 1.54) is 6.33 Å². The van der Waals surface area contributed by atoms with Crippen LogP contribution in [0.5, 0.6) is 11.5 Å². The third-order valence-corrected chi connectivity index (χ3v) is 5.28. The van der Waals surface area contributed by atoms with Crippen molar-refractivity contribution < 1.29 is 9.47 Å². The summed E-state index contributed by atoms with van der Waals surface area (Å²) in [4.78, 5) is 12.8. The number of imidazole rings is 1. The molecule has 0 bridgehead atoms. The highest BCUT2D eigenvalue weighted by Gasteiger charge is 2.16. The first kappa shape index (κ1) is 19.6. The number of rotatable bonds is 7. The number of methoxy groups -OCH3 is 1. The first-order chi connectivity index (χ1) is 15.7. The number of benzene rings is 2. The maximum absolute atomic E-state index is 6.25. The van der Waals surface area contributed by atoms with Gasteiger partial charge in [-0.05, 0) is 29.8 Å². The number of aromatic nitrogens is 5. The first-order valence-electron chi connectivity index (χ1n) is 10.2. The van der Waals surface area contributed by atoms with E-state index >= 15 is 0 Å². The van der Waals surface area contributed by atoms with Gasteiger partial charge in [0.15, 0.2) is 5.82 Å². The third kappa shape index (κ3) is 3.74. The molecule has 160 valence electrons. The molecule has 8 heteroatoms. The van der Waals surface area contributed by atoms with Gasteiger partial charge in [0.2, 0.25) is 0 Å². The van der Waals surface area contributed by atoms with Gasteiger partial charge in [0.25, 0.3) is 0 Å². The molecule has 32 heavy (non-hydrogen) atoms. The lowest BCUT2D eigenvalue weighted by molar-refractivity contribution is 0.298. The van der Waals surface area contributed by atoms with Crippen molar-refractivity contribution >= 4 is 16.9 Å². The Bertz CT molecular complexity index is 1340. The molecule has 2 N–H and O–H groups in total. The van der Waals surface area contributed by atoms with Crippen LogP contribution in [0.4, 0.5) is 5.82 Å². The number of hydrogen-bond acceptors (Lipinski definition) is 6. The predicted molar refractivity (Wildman–Crippen MR) is 123 cm³/mol. The van der Waals surface area contributed by atoms with E-state index in [0.717, 1.165) is 45.9 Å². The maximum Gasteiger partial charge on any atom is 0.151 e. The fraction of sp³-hybridized carbons (Fsp3) is 0.125. The molecule has 0 saturated carbocycles. The van der Waals surface area contributed by atoms with Gasteiger partial charge in [-0.1, -0.05) is 18.2 Å². The summed E-state index contributed by atoms with van der Waals surface area (Å²) in [7, 11) is 1.65. The zero-order chi connectivity index (χ0) is 21.9. The van der Waals surface area contributed by atoms with Gasteiger partial charge in [0, 0.05) is 35.9 Å². The van der Waals surface area contributed by atoms with Gasteiger partial charge in [0.05, 0.1) is 20.0 Å². The Balaban J connectivity index is 1.47. The summed E-state index contributed by atoms with van der Waals surface area (Å²) in [6.45, 7) is 1.31. The van der Waals surface area contributed by atoms with Crippen molar-refractivity contribution in [3.8, 4) is 28.3 Å². The van der Waals surface area contributed by atoms with Gasteiger partial charge in [-0.2, -0.15) is 0 Å². The van der Waals surface area contributed by atoms with E-state index < -0.39 is 0 Å². The predicted octanol–water partition coefficient (Wildman–Crippen LogP) is 3.95. The Morgan fingerprint density at radius 2 is 1.91 bits per heavy atom. The quantitative estimate of drug-likeness (QED) is 0.424. The summed E-state index contributed by atoms with van der Waals surface area (Å²) in [5.41, 5.74) is 10.7. The van der Waals surface area contributed by atoms with Crippen LogP contribution in [0.3, 0.4) is 0 Å². The van der Waals surface area contributed by atoms with Gasteiger partial charge >= 0.3 is 0 Å². The molecule has 2 aromatic carbocycles. The Morgan fingerprint density at radius 3 is 2.69 bits per heavy atom. The topological polar surface area (TPSA) is 93.0 Å². The fourth-order valence-electron chi connectivity index (χ4n) is 3.68. The average molecular weight is 426 g/mol. The molecule has 0 radical (unpaired) electrons. The van der Waals surface area contributed by atoms with Crippen LogP contribution in [0.2, 0.25) is 0 Å². The van der Waals surface area contributed by atoms with Crippen LogP contribution >= 0.6 is 0 Å². The first-order valence-corrected chi connectivity index (χ1v) is 10.2. The number of fused-ring (bicyclic) bond motifs is 1. The molecule has 0 amide bonds. The second kappa shape index (κ2) is 8.43. The SMILES string of the molecule is COc1cccc(-n2cc(-c3ccc(OCCn4ccnc4)cc3)c3ncnc(N)c32)c1. The summed E-state index contributed by atoms with van der Waals surface area (Å²) in [5, 5.41) is 0. The Morgan fingerprint density at radius 1 is 1.03 bits per heavy atom. The number of ether oxygens (including phenoxy) is 2. The molecule has 3 heterocycles. The van der Waals surface area contributed by atoms with E-state index in [-0.39, 0.29) is 0 Å². The average Bonchev–Trinajstić information content (AvgIpc) is 3.48. The lowest BCUT2D eigenvalue weighted by Gasteiger charge is -2.08. The van der Waals surface area contributed by atoms with Crippen LogP contribution in [-0.2, 0) is 6.54 Å². The van der Waals surface area contributed by atoms with E-state index in [9.17, 15) is 0 Å². The van der Waals surface area contributed by atoms with Gasteiger partial charge in [0.1, 0.15) is 35.5 Å². The molecule has 0 aliphatic heterocycles. The normalized spacial score (nSPS) is 11.0. The maximum atomic E-state index is 6.25. The minimum atomic E-state index is 0.420. The minimum absolute atomic E-state index is 0.420. The van der Waals surface area contributed by atoms with E-state index in [1.54, 1.807) is 19.6 Å². The van der Waals surface area contributed by atoms with Crippen molar-refractivity contribution in [2.24, 2.45) is 0 Å². The number of hydrogen-bond donors (Lipinski definition) is 1. The second-order valence-corrected chi connectivity index (χ2v) is 7.24. The highest BCUT2D eigenvalue weighted by atomic mass is 16.5. The van der Waals surface area contributed by atoms with E-state index in [2.05, 4.69) is 15.0 Å². The molecule has 8 nitrogen and oxygen atoms in total. The molecule has 0 aliphatic carbocycles. The molecule has 0 spiro atoms. The Kier molecular flexibility index (Phi) is 5.17. The molecule has 5 rings (SSSR count). The van der Waals surface area contributed by atoms with Gasteiger partial charge in [-0.15, -0.1) is 0 Å². The van der Waals surface area contributed by atoms with Crippen molar-refractivity contribution in [1.29, 1.82) is 0 Å². The van der Waals surface area contributed by atoms with Crippen molar-refractivity contribution in [3.05, 3.63) is 79.8 Å². The van der Waals surface area contributed by atoms with Gasteiger partial charge in [-0.25, -0.2) is 15.0 Å². The zero-order valence-corrected chi connectivity index (χ0v) is 17.5. The van der Waals surface area contributed by atoms with Crippen molar-refractivity contribution in [2.75, 3.05) is 19.5 Å². The molecule has 0 aliphatic rings. The molecule has 3 aromatic heterocycles. The Labute approximate surface area is 184 Å². The third-order valence-electron chi connectivity index (χ3n) is 5.28. The van der Waals surface area contributed by atoms with Gasteiger partial charge in [-0.3, -0.25) is 0 Å². The highest BCUT2D eigenvalue weighted by Crippen LogP contribution is 2.34. The van der Waals surface area contributed by atoms with E-state index in [4.69, 9.17) is 15.2 Å². The number of anilines is 1. The number of nitrogens with two attached hydrogens (primary N) is 1. The number of nitrogens with zero attached hydrogens (tertiary/aromatic N) is 5. The van der Waals surface area contributed by atoms with Gasteiger partial charge < -0.3 is 24.3 Å². The molecule has 0 saturated heterocycles. The summed E-state index contributed by atoms with van der Waals surface area (Å²) < 4.78 is 15.2. The monoisotopic (exact) mass is 426 g/mol.